The smallest absolute Gasteiger partial charge is 0.329 e. The first-order valence-electron chi connectivity index (χ1n) is 20.5. The number of sulfone groups is 1. The van der Waals surface area contributed by atoms with E-state index in [-0.39, 0.29) is 29.7 Å². The van der Waals surface area contributed by atoms with Gasteiger partial charge in [0.2, 0.25) is 0 Å². The maximum Gasteiger partial charge on any atom is 0.329 e. The molecular formula is C45H49N6O9PS. The van der Waals surface area contributed by atoms with Gasteiger partial charge >= 0.3 is 5.69 Å². The summed E-state index contributed by atoms with van der Waals surface area (Å²) in [6, 6.07) is 33.9. The second-order valence-corrected chi connectivity index (χ2v) is 19.2. The third kappa shape index (κ3) is 7.89. The minimum atomic E-state index is -3.64. The van der Waals surface area contributed by atoms with Crippen molar-refractivity contribution in [2.75, 3.05) is 52.1 Å². The molecule has 6 atom stereocenters. The topological polar surface area (TPSA) is 160 Å². The van der Waals surface area contributed by atoms with E-state index >= 15 is 0 Å². The SMILES string of the molecule is COc1ccc(C(OC[C@H]2O[C@@H](n3c(=O)[nH]c4c(N(C)C)ncnc43)C[C@@H]2O[P@@]2O[C@H](CS(=O)(=O)c3ccccc3)[C@@H]3CCCN32)(c2ccccc2)c2ccc(OC)cc2)cc1. The van der Waals surface area contributed by atoms with Gasteiger partial charge in [0.05, 0.1) is 43.7 Å². The molecule has 62 heavy (non-hydrogen) atoms. The fourth-order valence-electron chi connectivity index (χ4n) is 8.82. The molecular weight excluding hydrogens is 832 g/mol. The summed E-state index contributed by atoms with van der Waals surface area (Å²) < 4.78 is 69.9. The minimum Gasteiger partial charge on any atom is -0.497 e. The zero-order valence-corrected chi connectivity index (χ0v) is 36.6. The van der Waals surface area contributed by atoms with Crippen LogP contribution in [0.4, 0.5) is 5.82 Å². The highest BCUT2D eigenvalue weighted by Crippen LogP contribution is 2.58. The Bertz CT molecular complexity index is 2600. The van der Waals surface area contributed by atoms with Gasteiger partial charge in [0.1, 0.15) is 41.3 Å². The molecule has 3 aliphatic rings. The van der Waals surface area contributed by atoms with Gasteiger partial charge in [-0.3, -0.25) is 0 Å². The molecule has 0 bridgehead atoms. The first kappa shape index (κ1) is 42.1. The molecule has 5 heterocycles. The number of benzene rings is 4. The molecule has 2 aromatic heterocycles. The molecule has 6 aromatic rings. The Morgan fingerprint density at radius 2 is 1.48 bits per heavy atom. The van der Waals surface area contributed by atoms with Gasteiger partial charge in [-0.05, 0) is 65.9 Å². The van der Waals surface area contributed by atoms with Gasteiger partial charge in [-0.25, -0.2) is 32.4 Å². The van der Waals surface area contributed by atoms with Crippen molar-refractivity contribution < 1.29 is 36.4 Å². The lowest BCUT2D eigenvalue weighted by Gasteiger charge is -2.37. The van der Waals surface area contributed by atoms with Gasteiger partial charge in [-0.1, -0.05) is 72.8 Å². The van der Waals surface area contributed by atoms with Gasteiger partial charge in [0.15, 0.2) is 21.3 Å². The lowest BCUT2D eigenvalue weighted by molar-refractivity contribution is -0.0911. The Kier molecular flexibility index (Phi) is 11.9. The Labute approximate surface area is 361 Å². The lowest BCUT2D eigenvalue weighted by Crippen LogP contribution is -2.38. The van der Waals surface area contributed by atoms with Crippen LogP contribution in [0.1, 0.15) is 42.2 Å². The van der Waals surface area contributed by atoms with E-state index in [4.69, 9.17) is 28.0 Å². The number of H-pyrrole nitrogens is 1. The fraction of sp³-hybridized carbons (Fsp3) is 0.356. The van der Waals surface area contributed by atoms with Crippen LogP contribution in [-0.2, 0) is 34.0 Å². The van der Waals surface area contributed by atoms with Gasteiger partial charge in [0, 0.05) is 33.1 Å². The average molecular weight is 881 g/mol. The summed E-state index contributed by atoms with van der Waals surface area (Å²) in [5.41, 5.74) is 1.86. The largest absolute Gasteiger partial charge is 0.497 e. The number of hydrogen-bond acceptors (Lipinski definition) is 13. The van der Waals surface area contributed by atoms with Crippen molar-refractivity contribution in [3.63, 3.8) is 0 Å². The van der Waals surface area contributed by atoms with Crippen LogP contribution >= 0.6 is 8.53 Å². The third-order valence-electron chi connectivity index (χ3n) is 11.9. The summed E-state index contributed by atoms with van der Waals surface area (Å²) in [7, 11) is 1.59. The van der Waals surface area contributed by atoms with Crippen molar-refractivity contribution in [2.24, 2.45) is 0 Å². The summed E-state index contributed by atoms with van der Waals surface area (Å²) in [4.78, 5) is 27.8. The standard InChI is InChI=1S/C45H49N6O9PS/c1-49(2)42-41-43(47-29-46-42)51(44(52)48-41)40-26-37(59-61-50-25-11-16-36(50)39(60-61)28-62(53,54)35-14-9-6-10-15-35)38(58-40)27-57-45(30-12-7-5-8-13-30,31-17-21-33(55-3)22-18-31)32-19-23-34(56-4)24-20-32/h5-10,12-15,17-24,29,36-40H,11,16,25-28H2,1-4H3,(H,48,52)/t36-,37-,38+,39+,40+,61-/m0/s1. The Hall–Kier alpha value is -5.19. The molecule has 0 radical (unpaired) electrons. The first-order valence-corrected chi connectivity index (χ1v) is 23.3. The van der Waals surface area contributed by atoms with Crippen molar-refractivity contribution in [2.45, 2.75) is 60.3 Å². The van der Waals surface area contributed by atoms with E-state index in [1.54, 1.807) is 44.6 Å². The number of nitrogens with one attached hydrogen (secondary N) is 1. The van der Waals surface area contributed by atoms with Crippen LogP contribution in [0.2, 0.25) is 0 Å². The molecule has 9 rings (SSSR count). The number of nitrogens with zero attached hydrogens (tertiary/aromatic N) is 5. The monoisotopic (exact) mass is 880 g/mol. The summed E-state index contributed by atoms with van der Waals surface area (Å²) in [5.74, 6) is 1.78. The van der Waals surface area contributed by atoms with E-state index in [0.29, 0.717) is 35.0 Å². The maximum atomic E-state index is 13.8. The molecule has 3 aliphatic heterocycles. The number of methoxy groups -OCH3 is 2. The summed E-state index contributed by atoms with van der Waals surface area (Å²) >= 11 is 0. The van der Waals surface area contributed by atoms with Crippen molar-refractivity contribution in [1.82, 2.24) is 24.2 Å². The number of rotatable bonds is 15. The molecule has 17 heteroatoms. The van der Waals surface area contributed by atoms with Gasteiger partial charge in [-0.2, -0.15) is 0 Å². The van der Waals surface area contributed by atoms with Crippen LogP contribution < -0.4 is 20.1 Å². The van der Waals surface area contributed by atoms with E-state index in [2.05, 4.69) is 19.6 Å². The number of fused-ring (bicyclic) bond motifs is 2. The Morgan fingerprint density at radius 3 is 2.11 bits per heavy atom. The number of aromatic amines is 1. The highest BCUT2D eigenvalue weighted by Gasteiger charge is 2.51. The Morgan fingerprint density at radius 1 is 0.855 bits per heavy atom. The normalized spacial score (nSPS) is 22.8. The molecule has 3 fully saturated rings. The van der Waals surface area contributed by atoms with Crippen molar-refractivity contribution in [3.8, 4) is 11.5 Å². The van der Waals surface area contributed by atoms with Crippen LogP contribution in [0.25, 0.3) is 11.2 Å². The molecule has 4 aromatic carbocycles. The Balaban J connectivity index is 1.09. The summed E-state index contributed by atoms with van der Waals surface area (Å²) in [6.07, 6.45) is 0.569. The van der Waals surface area contributed by atoms with E-state index in [9.17, 15) is 13.2 Å². The number of imidazole rings is 1. The van der Waals surface area contributed by atoms with E-state index in [1.807, 2.05) is 97.9 Å². The molecule has 324 valence electrons. The van der Waals surface area contributed by atoms with Gasteiger partial charge in [-0.15, -0.1) is 0 Å². The molecule has 0 unspecified atom stereocenters. The molecule has 0 saturated carbocycles. The van der Waals surface area contributed by atoms with Crippen LogP contribution in [0.3, 0.4) is 0 Å². The van der Waals surface area contributed by atoms with Gasteiger partial charge in [0.25, 0.3) is 8.53 Å². The summed E-state index contributed by atoms with van der Waals surface area (Å²) in [5, 5.41) is 0. The molecule has 0 spiro atoms. The van der Waals surface area contributed by atoms with Crippen molar-refractivity contribution >= 4 is 35.3 Å². The fourth-order valence-corrected chi connectivity index (χ4v) is 12.4. The predicted octanol–water partition coefficient (Wildman–Crippen LogP) is 6.45. The molecule has 15 nitrogen and oxygen atoms in total. The molecule has 3 saturated heterocycles. The second kappa shape index (κ2) is 17.5. The lowest BCUT2D eigenvalue weighted by atomic mass is 9.80. The van der Waals surface area contributed by atoms with Crippen LogP contribution in [0.5, 0.6) is 11.5 Å². The molecule has 1 N–H and O–H groups in total. The first-order chi connectivity index (χ1) is 30.1. The van der Waals surface area contributed by atoms with E-state index < -0.39 is 54.2 Å². The minimum absolute atomic E-state index is 0.0155. The highest BCUT2D eigenvalue weighted by atomic mass is 32.2. The van der Waals surface area contributed by atoms with E-state index in [0.717, 1.165) is 29.5 Å². The van der Waals surface area contributed by atoms with Crippen molar-refractivity contribution in [1.29, 1.82) is 0 Å². The molecule has 0 amide bonds. The van der Waals surface area contributed by atoms with Gasteiger partial charge < -0.3 is 37.9 Å². The zero-order valence-electron chi connectivity index (χ0n) is 34.9. The zero-order chi connectivity index (χ0) is 43.0. The molecule has 0 aliphatic carbocycles. The third-order valence-corrected chi connectivity index (χ3v) is 15.4. The van der Waals surface area contributed by atoms with Crippen LogP contribution in [0, 0.1) is 0 Å². The number of ether oxygens (including phenoxy) is 4. The quantitative estimate of drug-likeness (QED) is 0.0887. The number of anilines is 1. The highest BCUT2D eigenvalue weighted by molar-refractivity contribution is 7.91. The average Bonchev–Trinajstić information content (AvgIpc) is 4.09. The van der Waals surface area contributed by atoms with Crippen molar-refractivity contribution in [3.05, 3.63) is 143 Å². The van der Waals surface area contributed by atoms with Crippen LogP contribution in [-0.4, -0.2) is 104 Å². The van der Waals surface area contributed by atoms with E-state index in [1.165, 1.54) is 10.9 Å². The number of hydrogen-bond donors (Lipinski definition) is 1. The summed E-state index contributed by atoms with van der Waals surface area (Å²) in [6.45, 7) is 0.718. The maximum absolute atomic E-state index is 13.8. The predicted molar refractivity (Wildman–Crippen MR) is 234 cm³/mol. The van der Waals surface area contributed by atoms with Crippen LogP contribution in [0.15, 0.2) is 125 Å². The second-order valence-electron chi connectivity index (χ2n) is 15.8. The number of aromatic nitrogens is 4.